The van der Waals surface area contributed by atoms with Gasteiger partial charge in [-0.05, 0) is 45.1 Å². The van der Waals surface area contributed by atoms with Gasteiger partial charge in [0.15, 0.2) is 0 Å². The van der Waals surface area contributed by atoms with E-state index in [9.17, 15) is 8.42 Å². The maximum absolute atomic E-state index is 12.1. The van der Waals surface area contributed by atoms with Crippen LogP contribution >= 0.6 is 0 Å². The largest absolute Gasteiger partial charge is 0.392 e. The summed E-state index contributed by atoms with van der Waals surface area (Å²) in [6, 6.07) is 6.48. The zero-order chi connectivity index (χ0) is 14.3. The lowest BCUT2D eigenvalue weighted by Crippen LogP contribution is -2.26. The fourth-order valence-corrected chi connectivity index (χ4v) is 3.04. The number of benzene rings is 1. The molecule has 1 rings (SSSR count). The van der Waals surface area contributed by atoms with E-state index in [1.54, 1.807) is 18.2 Å². The number of aliphatic hydroxyl groups is 1. The number of sulfonamides is 1. The Labute approximate surface area is 115 Å². The highest BCUT2D eigenvalue weighted by Crippen LogP contribution is 2.14. The lowest BCUT2D eigenvalue weighted by Gasteiger charge is -2.11. The molecular weight excluding hydrogens is 264 g/mol. The number of hydrogen-bond donors (Lipinski definition) is 2. The lowest BCUT2D eigenvalue weighted by molar-refractivity contribution is 0.278. The molecule has 0 saturated heterocycles. The molecule has 5 nitrogen and oxygen atoms in total. The molecule has 0 atom stereocenters. The molecule has 0 fully saturated rings. The van der Waals surface area contributed by atoms with E-state index in [0.717, 1.165) is 19.4 Å². The summed E-state index contributed by atoms with van der Waals surface area (Å²) in [4.78, 5) is 2.22. The predicted molar refractivity (Wildman–Crippen MR) is 75.3 cm³/mol. The molecule has 1 aromatic rings. The number of unbranched alkanes of at least 4 members (excludes halogenated alkanes) is 1. The highest BCUT2D eigenvalue weighted by Gasteiger charge is 2.16. The summed E-state index contributed by atoms with van der Waals surface area (Å²) in [5.41, 5.74) is 0.420. The van der Waals surface area contributed by atoms with Crippen molar-refractivity contribution in [2.45, 2.75) is 24.3 Å². The van der Waals surface area contributed by atoms with Gasteiger partial charge in [-0.3, -0.25) is 0 Å². The second kappa shape index (κ2) is 7.59. The molecule has 19 heavy (non-hydrogen) atoms. The quantitative estimate of drug-likeness (QED) is 0.694. The fourth-order valence-electron chi connectivity index (χ4n) is 1.73. The molecule has 0 unspecified atom stereocenters. The summed E-state index contributed by atoms with van der Waals surface area (Å²) in [5, 5.41) is 9.15. The minimum absolute atomic E-state index is 0.158. The van der Waals surface area contributed by atoms with Crippen molar-refractivity contribution in [1.29, 1.82) is 0 Å². The smallest absolute Gasteiger partial charge is 0.240 e. The molecule has 0 radical (unpaired) electrons. The van der Waals surface area contributed by atoms with E-state index in [4.69, 9.17) is 5.11 Å². The van der Waals surface area contributed by atoms with Crippen LogP contribution in [0.3, 0.4) is 0 Å². The van der Waals surface area contributed by atoms with Crippen LogP contribution in [0.4, 0.5) is 0 Å². The molecule has 0 aliphatic carbocycles. The molecule has 0 aliphatic heterocycles. The molecule has 0 spiro atoms. The number of hydrogen-bond acceptors (Lipinski definition) is 4. The van der Waals surface area contributed by atoms with Gasteiger partial charge in [-0.25, -0.2) is 13.1 Å². The zero-order valence-corrected chi connectivity index (χ0v) is 12.3. The van der Waals surface area contributed by atoms with Crippen LogP contribution in [0.5, 0.6) is 0 Å². The monoisotopic (exact) mass is 286 g/mol. The van der Waals surface area contributed by atoms with Crippen molar-refractivity contribution >= 4 is 10.0 Å². The van der Waals surface area contributed by atoms with E-state index < -0.39 is 10.0 Å². The van der Waals surface area contributed by atoms with E-state index in [2.05, 4.69) is 9.62 Å². The molecule has 6 heteroatoms. The van der Waals surface area contributed by atoms with Crippen LogP contribution in [-0.2, 0) is 16.6 Å². The van der Waals surface area contributed by atoms with E-state index in [1.165, 1.54) is 6.07 Å². The predicted octanol–water partition coefficient (Wildman–Crippen LogP) is 0.799. The first kappa shape index (κ1) is 16.1. The van der Waals surface area contributed by atoms with Gasteiger partial charge in [0.2, 0.25) is 10.0 Å². The lowest BCUT2D eigenvalue weighted by atomic mass is 10.2. The first-order chi connectivity index (χ1) is 8.97. The molecule has 0 aromatic heterocycles. The van der Waals surface area contributed by atoms with Gasteiger partial charge in [0.1, 0.15) is 0 Å². The summed E-state index contributed by atoms with van der Waals surface area (Å²) in [5.74, 6) is 0. The third kappa shape index (κ3) is 5.28. The summed E-state index contributed by atoms with van der Waals surface area (Å²) < 4.78 is 26.7. The van der Waals surface area contributed by atoms with Crippen molar-refractivity contribution < 1.29 is 13.5 Å². The average molecular weight is 286 g/mol. The summed E-state index contributed by atoms with van der Waals surface area (Å²) in [6.07, 6.45) is 1.73. The maximum Gasteiger partial charge on any atom is 0.240 e. The number of rotatable bonds is 8. The summed E-state index contributed by atoms with van der Waals surface area (Å²) in [7, 11) is 0.448. The summed E-state index contributed by atoms with van der Waals surface area (Å²) in [6.45, 7) is 1.07. The third-order valence-corrected chi connectivity index (χ3v) is 4.32. The first-order valence-electron chi connectivity index (χ1n) is 6.30. The van der Waals surface area contributed by atoms with Gasteiger partial charge >= 0.3 is 0 Å². The molecule has 0 aliphatic rings. The van der Waals surface area contributed by atoms with Gasteiger partial charge in [-0.15, -0.1) is 0 Å². The topological polar surface area (TPSA) is 69.6 Å². The molecular formula is C13H22N2O3S. The van der Waals surface area contributed by atoms with Crippen LogP contribution < -0.4 is 4.72 Å². The van der Waals surface area contributed by atoms with Gasteiger partial charge < -0.3 is 10.0 Å². The van der Waals surface area contributed by atoms with Crippen molar-refractivity contribution in [3.8, 4) is 0 Å². The third-order valence-electron chi connectivity index (χ3n) is 2.76. The van der Waals surface area contributed by atoms with E-state index in [1.807, 2.05) is 14.1 Å². The molecule has 1 aromatic carbocycles. The Bertz CT molecular complexity index is 486. The van der Waals surface area contributed by atoms with Crippen LogP contribution in [0.2, 0.25) is 0 Å². The second-order valence-electron chi connectivity index (χ2n) is 4.67. The van der Waals surface area contributed by atoms with Crippen molar-refractivity contribution in [2.75, 3.05) is 27.2 Å². The standard InChI is InChI=1S/C13H22N2O3S/c1-15(2)10-6-5-9-14-19(17,18)13-8-4-3-7-12(13)11-16/h3-4,7-8,14,16H,5-6,9-11H2,1-2H3. The molecule has 2 N–H and O–H groups in total. The molecule has 0 saturated carbocycles. The Hall–Kier alpha value is -0.950. The Balaban J connectivity index is 2.56. The molecule has 0 amide bonds. The van der Waals surface area contributed by atoms with Crippen LogP contribution in [0, 0.1) is 0 Å². The van der Waals surface area contributed by atoms with Gasteiger partial charge in [0.25, 0.3) is 0 Å². The van der Waals surface area contributed by atoms with Crippen molar-refractivity contribution in [2.24, 2.45) is 0 Å². The van der Waals surface area contributed by atoms with Crippen molar-refractivity contribution in [1.82, 2.24) is 9.62 Å². The highest BCUT2D eigenvalue weighted by molar-refractivity contribution is 7.89. The number of nitrogens with zero attached hydrogens (tertiary/aromatic N) is 1. The van der Waals surface area contributed by atoms with Crippen LogP contribution in [-0.4, -0.2) is 45.6 Å². The maximum atomic E-state index is 12.1. The number of aliphatic hydroxyl groups excluding tert-OH is 1. The van der Waals surface area contributed by atoms with Crippen LogP contribution in [0.25, 0.3) is 0 Å². The molecule has 108 valence electrons. The van der Waals surface area contributed by atoms with Crippen molar-refractivity contribution in [3.63, 3.8) is 0 Å². The summed E-state index contributed by atoms with van der Waals surface area (Å²) >= 11 is 0. The second-order valence-corrected chi connectivity index (χ2v) is 6.41. The van der Waals surface area contributed by atoms with Crippen molar-refractivity contribution in [3.05, 3.63) is 29.8 Å². The van der Waals surface area contributed by atoms with E-state index in [0.29, 0.717) is 12.1 Å². The highest BCUT2D eigenvalue weighted by atomic mass is 32.2. The van der Waals surface area contributed by atoms with Gasteiger partial charge in [-0.2, -0.15) is 0 Å². The Morgan fingerprint density at radius 2 is 1.89 bits per heavy atom. The van der Waals surface area contributed by atoms with Gasteiger partial charge in [-0.1, -0.05) is 18.2 Å². The SMILES string of the molecule is CN(C)CCCCNS(=O)(=O)c1ccccc1CO. The normalized spacial score (nSPS) is 12.0. The average Bonchev–Trinajstić information content (AvgIpc) is 2.37. The van der Waals surface area contributed by atoms with Crippen LogP contribution in [0.1, 0.15) is 18.4 Å². The van der Waals surface area contributed by atoms with E-state index >= 15 is 0 Å². The first-order valence-corrected chi connectivity index (χ1v) is 7.79. The Kier molecular flexibility index (Phi) is 6.44. The molecule has 0 heterocycles. The molecule has 0 bridgehead atoms. The zero-order valence-electron chi connectivity index (χ0n) is 11.5. The minimum Gasteiger partial charge on any atom is -0.392 e. The Morgan fingerprint density at radius 3 is 2.53 bits per heavy atom. The van der Waals surface area contributed by atoms with Gasteiger partial charge in [0.05, 0.1) is 11.5 Å². The Morgan fingerprint density at radius 1 is 1.21 bits per heavy atom. The van der Waals surface area contributed by atoms with Gasteiger partial charge in [0, 0.05) is 6.54 Å². The number of nitrogens with one attached hydrogen (secondary N) is 1. The fraction of sp³-hybridized carbons (Fsp3) is 0.538. The van der Waals surface area contributed by atoms with Crippen LogP contribution in [0.15, 0.2) is 29.2 Å². The van der Waals surface area contributed by atoms with E-state index in [-0.39, 0.29) is 11.5 Å². The minimum atomic E-state index is -3.53.